The molecule has 0 aliphatic carbocycles. The lowest BCUT2D eigenvalue weighted by atomic mass is 10.1. The molecule has 1 aliphatic heterocycles. The lowest BCUT2D eigenvalue weighted by Crippen LogP contribution is -2.36. The minimum atomic E-state index is -0.342. The van der Waals surface area contributed by atoms with Gasteiger partial charge in [0.15, 0.2) is 0 Å². The van der Waals surface area contributed by atoms with Crippen molar-refractivity contribution in [2.24, 2.45) is 0 Å². The summed E-state index contributed by atoms with van der Waals surface area (Å²) in [6, 6.07) is 14.1. The molecule has 0 spiro atoms. The van der Waals surface area contributed by atoms with Crippen LogP contribution in [0.15, 0.2) is 42.5 Å². The predicted octanol–water partition coefficient (Wildman–Crippen LogP) is 4.48. The molecule has 1 amide bonds. The molecule has 1 fully saturated rings. The zero-order chi connectivity index (χ0) is 21.8. The van der Waals surface area contributed by atoms with Gasteiger partial charge in [-0.05, 0) is 63.3 Å². The molecule has 2 aromatic carbocycles. The number of fused-ring (bicyclic) bond motifs is 1. The Labute approximate surface area is 183 Å². The Morgan fingerprint density at radius 1 is 1.23 bits per heavy atom. The fourth-order valence-electron chi connectivity index (χ4n) is 4.24. The monoisotopic (exact) mass is 421 g/mol. The first-order chi connectivity index (χ1) is 15.0. The molecule has 6 nitrogen and oxygen atoms in total. The first-order valence-electron chi connectivity index (χ1n) is 11.1. The van der Waals surface area contributed by atoms with Crippen molar-refractivity contribution in [3.63, 3.8) is 0 Å². The average Bonchev–Trinajstić information content (AvgIpc) is 3.41. The van der Waals surface area contributed by atoms with Gasteiger partial charge in [-0.25, -0.2) is 4.98 Å². The number of hydrogen-bond donors (Lipinski definition) is 1. The van der Waals surface area contributed by atoms with Crippen molar-refractivity contribution in [1.82, 2.24) is 14.9 Å². The SMILES string of the molecule is Cc1cccc(C)c1OCCCn1c(C(C)NC(=O)C2CCCO2)nc2ccccc21. The van der Waals surface area contributed by atoms with Crippen molar-refractivity contribution < 1.29 is 14.3 Å². The van der Waals surface area contributed by atoms with Gasteiger partial charge in [0.1, 0.15) is 17.7 Å². The summed E-state index contributed by atoms with van der Waals surface area (Å²) in [6.45, 7) is 8.17. The number of carbonyl (C=O) groups is 1. The molecule has 31 heavy (non-hydrogen) atoms. The molecule has 0 saturated carbocycles. The van der Waals surface area contributed by atoms with Crippen LogP contribution >= 0.6 is 0 Å². The number of para-hydroxylation sites is 3. The number of benzene rings is 2. The number of nitrogens with one attached hydrogen (secondary N) is 1. The smallest absolute Gasteiger partial charge is 0.249 e. The van der Waals surface area contributed by atoms with E-state index < -0.39 is 0 Å². The molecule has 1 aliphatic rings. The van der Waals surface area contributed by atoms with Crippen LogP contribution in [0, 0.1) is 13.8 Å². The van der Waals surface area contributed by atoms with Gasteiger partial charge in [-0.1, -0.05) is 30.3 Å². The minimum Gasteiger partial charge on any atom is -0.493 e. The second-order valence-electron chi connectivity index (χ2n) is 8.27. The number of ether oxygens (including phenoxy) is 2. The van der Waals surface area contributed by atoms with Crippen LogP contribution in [0.4, 0.5) is 0 Å². The van der Waals surface area contributed by atoms with Gasteiger partial charge in [-0.3, -0.25) is 4.79 Å². The van der Waals surface area contributed by atoms with Gasteiger partial charge in [-0.15, -0.1) is 0 Å². The highest BCUT2D eigenvalue weighted by atomic mass is 16.5. The van der Waals surface area contributed by atoms with Gasteiger partial charge >= 0.3 is 0 Å². The molecule has 4 rings (SSSR count). The summed E-state index contributed by atoms with van der Waals surface area (Å²) in [5.41, 5.74) is 4.31. The number of nitrogens with zero attached hydrogens (tertiary/aromatic N) is 2. The van der Waals surface area contributed by atoms with Crippen molar-refractivity contribution in [2.75, 3.05) is 13.2 Å². The lowest BCUT2D eigenvalue weighted by molar-refractivity contribution is -0.130. The number of hydrogen-bond acceptors (Lipinski definition) is 4. The molecule has 0 bridgehead atoms. The zero-order valence-corrected chi connectivity index (χ0v) is 18.6. The molecule has 2 heterocycles. The maximum absolute atomic E-state index is 12.5. The molecule has 3 aromatic rings. The van der Waals surface area contributed by atoms with Crippen LogP contribution in [0.5, 0.6) is 5.75 Å². The molecular formula is C25H31N3O3. The summed E-state index contributed by atoms with van der Waals surface area (Å²) in [6.07, 6.45) is 2.22. The van der Waals surface area contributed by atoms with Crippen molar-refractivity contribution in [1.29, 1.82) is 0 Å². The molecule has 1 aromatic heterocycles. The maximum atomic E-state index is 12.5. The van der Waals surface area contributed by atoms with E-state index in [9.17, 15) is 4.79 Å². The third-order valence-electron chi connectivity index (χ3n) is 5.83. The summed E-state index contributed by atoms with van der Waals surface area (Å²) in [5.74, 6) is 1.77. The van der Waals surface area contributed by atoms with Gasteiger partial charge < -0.3 is 19.4 Å². The number of imidazole rings is 1. The second-order valence-corrected chi connectivity index (χ2v) is 8.27. The quantitative estimate of drug-likeness (QED) is 0.545. The molecule has 1 saturated heterocycles. The van der Waals surface area contributed by atoms with E-state index >= 15 is 0 Å². The molecule has 0 radical (unpaired) electrons. The van der Waals surface area contributed by atoms with Gasteiger partial charge in [0, 0.05) is 13.2 Å². The van der Waals surface area contributed by atoms with E-state index in [0.29, 0.717) is 13.2 Å². The first kappa shape index (κ1) is 21.4. The molecule has 2 unspecified atom stereocenters. The van der Waals surface area contributed by atoms with Gasteiger partial charge in [0.2, 0.25) is 5.91 Å². The topological polar surface area (TPSA) is 65.4 Å². The Hall–Kier alpha value is -2.86. The van der Waals surface area contributed by atoms with Crippen molar-refractivity contribution in [2.45, 2.75) is 58.7 Å². The zero-order valence-electron chi connectivity index (χ0n) is 18.6. The minimum absolute atomic E-state index is 0.0537. The van der Waals surface area contributed by atoms with Crippen molar-refractivity contribution >= 4 is 16.9 Å². The van der Waals surface area contributed by atoms with E-state index in [4.69, 9.17) is 14.5 Å². The van der Waals surface area contributed by atoms with E-state index in [1.165, 1.54) is 0 Å². The Morgan fingerprint density at radius 3 is 2.74 bits per heavy atom. The van der Waals surface area contributed by atoms with Crippen LogP contribution in [-0.2, 0) is 16.1 Å². The maximum Gasteiger partial charge on any atom is 0.249 e. The summed E-state index contributed by atoms with van der Waals surface area (Å²) < 4.78 is 13.8. The Bertz CT molecular complexity index is 1030. The third-order valence-corrected chi connectivity index (χ3v) is 5.83. The highest BCUT2D eigenvalue weighted by Crippen LogP contribution is 2.24. The molecule has 1 N–H and O–H groups in total. The molecular weight excluding hydrogens is 390 g/mol. The number of carbonyl (C=O) groups excluding carboxylic acids is 1. The number of aryl methyl sites for hydroxylation is 3. The summed E-state index contributed by atoms with van der Waals surface area (Å²) in [7, 11) is 0. The van der Waals surface area contributed by atoms with Crippen LogP contribution < -0.4 is 10.1 Å². The van der Waals surface area contributed by atoms with Crippen molar-refractivity contribution in [3.05, 3.63) is 59.4 Å². The summed E-state index contributed by atoms with van der Waals surface area (Å²) >= 11 is 0. The Balaban J connectivity index is 1.46. The Kier molecular flexibility index (Phi) is 6.56. The molecule has 164 valence electrons. The lowest BCUT2D eigenvalue weighted by Gasteiger charge is -2.18. The number of amides is 1. The number of aromatic nitrogens is 2. The van der Waals surface area contributed by atoms with Gasteiger partial charge in [0.25, 0.3) is 0 Å². The van der Waals surface area contributed by atoms with Crippen LogP contribution in [0.25, 0.3) is 11.0 Å². The van der Waals surface area contributed by atoms with Crippen LogP contribution in [-0.4, -0.2) is 34.8 Å². The first-order valence-corrected chi connectivity index (χ1v) is 11.1. The highest BCUT2D eigenvalue weighted by Gasteiger charge is 2.26. The van der Waals surface area contributed by atoms with Gasteiger partial charge in [-0.2, -0.15) is 0 Å². The number of rotatable bonds is 8. The summed E-state index contributed by atoms with van der Waals surface area (Å²) in [5, 5.41) is 3.09. The highest BCUT2D eigenvalue weighted by molar-refractivity contribution is 5.81. The van der Waals surface area contributed by atoms with E-state index in [-0.39, 0.29) is 18.1 Å². The van der Waals surface area contributed by atoms with Crippen LogP contribution in [0.3, 0.4) is 0 Å². The predicted molar refractivity (Wildman–Crippen MR) is 121 cm³/mol. The average molecular weight is 422 g/mol. The third kappa shape index (κ3) is 4.74. The largest absolute Gasteiger partial charge is 0.493 e. The normalized spacial score (nSPS) is 17.1. The van der Waals surface area contributed by atoms with E-state index in [0.717, 1.165) is 59.5 Å². The van der Waals surface area contributed by atoms with Crippen LogP contribution in [0.1, 0.15) is 49.2 Å². The molecule has 6 heteroatoms. The van der Waals surface area contributed by atoms with E-state index in [1.54, 1.807) is 0 Å². The second kappa shape index (κ2) is 9.52. The fraction of sp³-hybridized carbons (Fsp3) is 0.440. The van der Waals surface area contributed by atoms with Gasteiger partial charge in [0.05, 0.1) is 23.7 Å². The van der Waals surface area contributed by atoms with Crippen molar-refractivity contribution in [3.8, 4) is 5.75 Å². The fourth-order valence-corrected chi connectivity index (χ4v) is 4.24. The standard InChI is InChI=1S/C25H31N3O3/c1-17-9-6-10-18(2)23(17)31-16-8-14-28-21-12-5-4-11-20(21)27-24(28)19(3)26-25(29)22-13-7-15-30-22/h4-6,9-12,19,22H,7-8,13-16H2,1-3H3,(H,26,29). The Morgan fingerprint density at radius 2 is 2.00 bits per heavy atom. The van der Waals surface area contributed by atoms with Crippen LogP contribution in [0.2, 0.25) is 0 Å². The van der Waals surface area contributed by atoms with E-state index in [2.05, 4.69) is 41.9 Å². The molecule has 2 atom stereocenters. The van der Waals surface area contributed by atoms with E-state index in [1.807, 2.05) is 31.2 Å². The summed E-state index contributed by atoms with van der Waals surface area (Å²) in [4.78, 5) is 17.4.